The number of thioether (sulfide) groups is 1. The van der Waals surface area contributed by atoms with Gasteiger partial charge in [0.15, 0.2) is 0 Å². The molecule has 0 atom stereocenters. The summed E-state index contributed by atoms with van der Waals surface area (Å²) in [5.41, 5.74) is 0. The standard InChI is InChI=1S/C13H24N6S/c1-3-14-11-16-12(15-7-6-10-20-2)18-13(17-11)19-8-4-5-9-19/h3-10H2,1-2H3,(H2,14,15,16,17,18). The Kier molecular flexibility index (Phi) is 6.17. The maximum Gasteiger partial charge on any atom is 0.231 e. The van der Waals surface area contributed by atoms with E-state index in [1.54, 1.807) is 0 Å². The van der Waals surface area contributed by atoms with E-state index in [4.69, 9.17) is 0 Å². The fourth-order valence-electron chi connectivity index (χ4n) is 2.16. The molecule has 1 aromatic heterocycles. The quantitative estimate of drug-likeness (QED) is 0.712. The van der Waals surface area contributed by atoms with Crippen LogP contribution in [0.3, 0.4) is 0 Å². The van der Waals surface area contributed by atoms with E-state index in [0.29, 0.717) is 11.9 Å². The molecule has 0 saturated carbocycles. The Morgan fingerprint density at radius 1 is 1.10 bits per heavy atom. The molecule has 20 heavy (non-hydrogen) atoms. The average molecular weight is 296 g/mol. The summed E-state index contributed by atoms with van der Waals surface area (Å²) in [5.74, 6) is 3.29. The predicted molar refractivity (Wildman–Crippen MR) is 86.9 cm³/mol. The Balaban J connectivity index is 2.04. The van der Waals surface area contributed by atoms with Gasteiger partial charge in [-0.25, -0.2) is 0 Å². The SMILES string of the molecule is CCNc1nc(NCCCSC)nc(N2CCCC2)n1. The fraction of sp³-hybridized carbons (Fsp3) is 0.769. The molecule has 1 aliphatic rings. The Morgan fingerprint density at radius 2 is 1.80 bits per heavy atom. The van der Waals surface area contributed by atoms with Crippen molar-refractivity contribution in [2.45, 2.75) is 26.2 Å². The predicted octanol–water partition coefficient (Wildman–Crippen LogP) is 2.07. The van der Waals surface area contributed by atoms with Crippen LogP contribution in [0.2, 0.25) is 0 Å². The zero-order chi connectivity index (χ0) is 14.2. The second-order valence-electron chi connectivity index (χ2n) is 4.78. The van der Waals surface area contributed by atoms with Crippen LogP contribution in [-0.2, 0) is 0 Å². The molecule has 0 aliphatic carbocycles. The third kappa shape index (κ3) is 4.40. The van der Waals surface area contributed by atoms with Crippen LogP contribution >= 0.6 is 11.8 Å². The minimum absolute atomic E-state index is 0.664. The van der Waals surface area contributed by atoms with E-state index in [-0.39, 0.29) is 0 Å². The van der Waals surface area contributed by atoms with Gasteiger partial charge in [0.05, 0.1) is 0 Å². The maximum absolute atomic E-state index is 4.54. The minimum Gasteiger partial charge on any atom is -0.354 e. The van der Waals surface area contributed by atoms with Crippen LogP contribution in [0.5, 0.6) is 0 Å². The van der Waals surface area contributed by atoms with E-state index < -0.39 is 0 Å². The molecule has 1 fully saturated rings. The first-order chi connectivity index (χ1) is 9.83. The highest BCUT2D eigenvalue weighted by molar-refractivity contribution is 7.98. The number of anilines is 3. The number of nitrogens with zero attached hydrogens (tertiary/aromatic N) is 4. The molecule has 1 aliphatic heterocycles. The van der Waals surface area contributed by atoms with Gasteiger partial charge >= 0.3 is 0 Å². The van der Waals surface area contributed by atoms with Crippen molar-refractivity contribution < 1.29 is 0 Å². The van der Waals surface area contributed by atoms with E-state index in [1.807, 2.05) is 18.7 Å². The third-order valence-electron chi connectivity index (χ3n) is 3.16. The maximum atomic E-state index is 4.54. The molecule has 7 heteroatoms. The van der Waals surface area contributed by atoms with E-state index in [2.05, 4.69) is 36.7 Å². The second-order valence-corrected chi connectivity index (χ2v) is 5.77. The molecule has 2 heterocycles. The Labute approximate surface area is 125 Å². The van der Waals surface area contributed by atoms with E-state index in [9.17, 15) is 0 Å². The van der Waals surface area contributed by atoms with Crippen LogP contribution in [0.25, 0.3) is 0 Å². The molecule has 0 aromatic carbocycles. The Hall–Kier alpha value is -1.24. The number of nitrogens with one attached hydrogen (secondary N) is 2. The van der Waals surface area contributed by atoms with Gasteiger partial charge in [0, 0.05) is 26.2 Å². The van der Waals surface area contributed by atoms with Crippen LogP contribution in [0, 0.1) is 0 Å². The molecule has 2 N–H and O–H groups in total. The molecule has 0 bridgehead atoms. The first kappa shape index (κ1) is 15.2. The van der Waals surface area contributed by atoms with E-state index >= 15 is 0 Å². The lowest BCUT2D eigenvalue weighted by Crippen LogP contribution is -2.22. The van der Waals surface area contributed by atoms with Crippen molar-refractivity contribution in [2.24, 2.45) is 0 Å². The molecule has 1 saturated heterocycles. The van der Waals surface area contributed by atoms with Gasteiger partial charge in [0.25, 0.3) is 0 Å². The first-order valence-electron chi connectivity index (χ1n) is 7.31. The van der Waals surface area contributed by atoms with Gasteiger partial charge in [-0.05, 0) is 38.2 Å². The van der Waals surface area contributed by atoms with Crippen molar-refractivity contribution in [3.63, 3.8) is 0 Å². The number of aromatic nitrogens is 3. The first-order valence-corrected chi connectivity index (χ1v) is 8.70. The van der Waals surface area contributed by atoms with Crippen LogP contribution in [-0.4, -0.2) is 53.1 Å². The molecule has 0 radical (unpaired) electrons. The van der Waals surface area contributed by atoms with Crippen LogP contribution in [0.4, 0.5) is 17.8 Å². The van der Waals surface area contributed by atoms with Gasteiger partial charge in [-0.3, -0.25) is 0 Å². The lowest BCUT2D eigenvalue weighted by atomic mass is 10.4. The van der Waals surface area contributed by atoms with Crippen molar-refractivity contribution in [1.29, 1.82) is 0 Å². The number of hydrogen-bond donors (Lipinski definition) is 2. The van der Waals surface area contributed by atoms with Gasteiger partial charge in [-0.2, -0.15) is 26.7 Å². The molecule has 1 aromatic rings. The molecule has 6 nitrogen and oxygen atoms in total. The molecular weight excluding hydrogens is 272 g/mol. The van der Waals surface area contributed by atoms with Crippen molar-refractivity contribution in [3.8, 4) is 0 Å². The monoisotopic (exact) mass is 296 g/mol. The van der Waals surface area contributed by atoms with Crippen LogP contribution in [0.15, 0.2) is 0 Å². The fourth-order valence-corrected chi connectivity index (χ4v) is 2.59. The highest BCUT2D eigenvalue weighted by Gasteiger charge is 2.17. The molecule has 112 valence electrons. The highest BCUT2D eigenvalue weighted by atomic mass is 32.2. The van der Waals surface area contributed by atoms with Crippen LogP contribution in [0.1, 0.15) is 26.2 Å². The summed E-state index contributed by atoms with van der Waals surface area (Å²) in [4.78, 5) is 15.7. The van der Waals surface area contributed by atoms with Crippen molar-refractivity contribution >= 4 is 29.6 Å². The third-order valence-corrected chi connectivity index (χ3v) is 3.85. The lowest BCUT2D eigenvalue weighted by molar-refractivity contribution is 0.870. The summed E-state index contributed by atoms with van der Waals surface area (Å²) in [7, 11) is 0. The van der Waals surface area contributed by atoms with E-state index in [0.717, 1.165) is 44.3 Å². The summed E-state index contributed by atoms with van der Waals surface area (Å²) in [6.07, 6.45) is 5.68. The van der Waals surface area contributed by atoms with Gasteiger partial charge in [0.2, 0.25) is 17.8 Å². The molecule has 0 unspecified atom stereocenters. The number of rotatable bonds is 8. The van der Waals surface area contributed by atoms with Gasteiger partial charge < -0.3 is 15.5 Å². The summed E-state index contributed by atoms with van der Waals surface area (Å²) >= 11 is 1.86. The Bertz CT molecular complexity index is 408. The molecule has 0 amide bonds. The number of hydrogen-bond acceptors (Lipinski definition) is 7. The van der Waals surface area contributed by atoms with Gasteiger partial charge in [-0.1, -0.05) is 0 Å². The molecular formula is C13H24N6S. The highest BCUT2D eigenvalue weighted by Crippen LogP contribution is 2.18. The summed E-state index contributed by atoms with van der Waals surface area (Å²) in [5, 5.41) is 6.48. The van der Waals surface area contributed by atoms with E-state index in [1.165, 1.54) is 12.8 Å². The van der Waals surface area contributed by atoms with Crippen molar-refractivity contribution in [3.05, 3.63) is 0 Å². The van der Waals surface area contributed by atoms with Crippen molar-refractivity contribution in [2.75, 3.05) is 53.7 Å². The van der Waals surface area contributed by atoms with Crippen LogP contribution < -0.4 is 15.5 Å². The Morgan fingerprint density at radius 3 is 2.45 bits per heavy atom. The topological polar surface area (TPSA) is 66.0 Å². The zero-order valence-corrected chi connectivity index (χ0v) is 13.2. The van der Waals surface area contributed by atoms with Crippen molar-refractivity contribution in [1.82, 2.24) is 15.0 Å². The van der Waals surface area contributed by atoms with Gasteiger partial charge in [-0.15, -0.1) is 0 Å². The molecule has 2 rings (SSSR count). The normalized spacial score (nSPS) is 14.6. The second kappa shape index (κ2) is 8.14. The summed E-state index contributed by atoms with van der Waals surface area (Å²) in [6, 6.07) is 0. The summed E-state index contributed by atoms with van der Waals surface area (Å²) < 4.78 is 0. The zero-order valence-electron chi connectivity index (χ0n) is 12.4. The van der Waals surface area contributed by atoms with Gasteiger partial charge in [0.1, 0.15) is 0 Å². The average Bonchev–Trinajstić information content (AvgIpc) is 2.98. The lowest BCUT2D eigenvalue weighted by Gasteiger charge is -2.17. The minimum atomic E-state index is 0.664. The molecule has 0 spiro atoms. The smallest absolute Gasteiger partial charge is 0.231 e. The summed E-state index contributed by atoms with van der Waals surface area (Å²) in [6.45, 7) is 5.85. The largest absolute Gasteiger partial charge is 0.354 e.